The summed E-state index contributed by atoms with van der Waals surface area (Å²) in [6, 6.07) is 4.66. The first-order valence-electron chi connectivity index (χ1n) is 6.49. The SMILES string of the molecule is COc1ccc([N+](=O)[O-])cc1COc1cnn(C(C)C)c1. The quantitative estimate of drug-likeness (QED) is 0.604. The summed E-state index contributed by atoms with van der Waals surface area (Å²) in [5.74, 6) is 1.16. The van der Waals surface area contributed by atoms with E-state index in [4.69, 9.17) is 9.47 Å². The summed E-state index contributed by atoms with van der Waals surface area (Å²) in [5.41, 5.74) is 0.622. The molecule has 0 saturated heterocycles. The van der Waals surface area contributed by atoms with Crippen molar-refractivity contribution in [3.05, 3.63) is 46.3 Å². The molecule has 7 heteroatoms. The van der Waals surface area contributed by atoms with Gasteiger partial charge in [0.15, 0.2) is 5.75 Å². The second-order valence-corrected chi connectivity index (χ2v) is 4.79. The van der Waals surface area contributed by atoms with E-state index in [2.05, 4.69) is 5.10 Å². The van der Waals surface area contributed by atoms with Gasteiger partial charge in [-0.05, 0) is 19.9 Å². The number of hydrogen-bond acceptors (Lipinski definition) is 5. The fourth-order valence-electron chi connectivity index (χ4n) is 1.83. The van der Waals surface area contributed by atoms with E-state index < -0.39 is 4.92 Å². The minimum Gasteiger partial charge on any atom is -0.496 e. The van der Waals surface area contributed by atoms with E-state index in [0.29, 0.717) is 17.1 Å². The summed E-state index contributed by atoms with van der Waals surface area (Å²) in [4.78, 5) is 10.4. The third kappa shape index (κ3) is 3.50. The predicted molar refractivity (Wildman–Crippen MR) is 76.6 cm³/mol. The van der Waals surface area contributed by atoms with E-state index in [1.807, 2.05) is 13.8 Å². The highest BCUT2D eigenvalue weighted by Gasteiger charge is 2.12. The zero-order valence-corrected chi connectivity index (χ0v) is 12.1. The van der Waals surface area contributed by atoms with E-state index in [9.17, 15) is 10.1 Å². The van der Waals surface area contributed by atoms with E-state index in [-0.39, 0.29) is 18.3 Å². The molecule has 0 bridgehead atoms. The van der Waals surface area contributed by atoms with Crippen LogP contribution in [-0.2, 0) is 6.61 Å². The highest BCUT2D eigenvalue weighted by Crippen LogP contribution is 2.25. The summed E-state index contributed by atoms with van der Waals surface area (Å²) < 4.78 is 12.6. The molecule has 0 N–H and O–H groups in total. The van der Waals surface area contributed by atoms with Gasteiger partial charge in [0.2, 0.25) is 0 Å². The first kappa shape index (κ1) is 14.8. The molecule has 21 heavy (non-hydrogen) atoms. The molecule has 0 atom stereocenters. The van der Waals surface area contributed by atoms with Crippen LogP contribution < -0.4 is 9.47 Å². The molecule has 1 heterocycles. The Labute approximate surface area is 122 Å². The van der Waals surface area contributed by atoms with Crippen LogP contribution in [0.25, 0.3) is 0 Å². The van der Waals surface area contributed by atoms with E-state index in [1.165, 1.54) is 19.2 Å². The second-order valence-electron chi connectivity index (χ2n) is 4.79. The van der Waals surface area contributed by atoms with Crippen molar-refractivity contribution < 1.29 is 14.4 Å². The Morgan fingerprint density at radius 3 is 2.76 bits per heavy atom. The Kier molecular flexibility index (Phi) is 4.42. The number of methoxy groups -OCH3 is 1. The zero-order valence-electron chi connectivity index (χ0n) is 12.1. The van der Waals surface area contributed by atoms with Gasteiger partial charge in [0.25, 0.3) is 5.69 Å². The number of nitro groups is 1. The maximum Gasteiger partial charge on any atom is 0.270 e. The van der Waals surface area contributed by atoms with Crippen molar-refractivity contribution in [2.24, 2.45) is 0 Å². The molecule has 0 unspecified atom stereocenters. The van der Waals surface area contributed by atoms with Crippen LogP contribution in [0.1, 0.15) is 25.5 Å². The van der Waals surface area contributed by atoms with Crippen molar-refractivity contribution in [1.29, 1.82) is 0 Å². The third-order valence-corrected chi connectivity index (χ3v) is 2.98. The summed E-state index contributed by atoms with van der Waals surface area (Å²) in [5, 5.41) is 15.0. The molecule has 0 radical (unpaired) electrons. The van der Waals surface area contributed by atoms with Crippen LogP contribution in [0.2, 0.25) is 0 Å². The maximum atomic E-state index is 10.8. The van der Waals surface area contributed by atoms with Crippen LogP contribution in [0.3, 0.4) is 0 Å². The summed E-state index contributed by atoms with van der Waals surface area (Å²) in [6.45, 7) is 4.20. The molecule has 1 aromatic carbocycles. The van der Waals surface area contributed by atoms with Gasteiger partial charge in [-0.25, -0.2) is 0 Å². The molecule has 0 fully saturated rings. The number of ether oxygens (including phenoxy) is 2. The lowest BCUT2D eigenvalue weighted by Crippen LogP contribution is -2.01. The van der Waals surface area contributed by atoms with Crippen LogP contribution in [0.5, 0.6) is 11.5 Å². The third-order valence-electron chi connectivity index (χ3n) is 2.98. The minimum atomic E-state index is -0.445. The smallest absolute Gasteiger partial charge is 0.270 e. The number of nitro benzene ring substituents is 1. The van der Waals surface area contributed by atoms with Crippen LogP contribution in [0, 0.1) is 10.1 Å². The first-order valence-corrected chi connectivity index (χ1v) is 6.49. The summed E-state index contributed by atoms with van der Waals surface area (Å²) in [6.07, 6.45) is 3.40. The molecule has 0 saturated carbocycles. The molecule has 0 spiro atoms. The van der Waals surface area contributed by atoms with Crippen molar-refractivity contribution >= 4 is 5.69 Å². The van der Waals surface area contributed by atoms with Gasteiger partial charge in [0, 0.05) is 23.7 Å². The van der Waals surface area contributed by atoms with Gasteiger partial charge in [0.05, 0.1) is 24.4 Å². The van der Waals surface area contributed by atoms with Crippen LogP contribution in [0.4, 0.5) is 5.69 Å². The van der Waals surface area contributed by atoms with Gasteiger partial charge in [-0.15, -0.1) is 0 Å². The Morgan fingerprint density at radius 1 is 1.43 bits per heavy atom. The number of nitrogens with zero attached hydrogens (tertiary/aromatic N) is 3. The van der Waals surface area contributed by atoms with Gasteiger partial charge in [-0.1, -0.05) is 0 Å². The van der Waals surface area contributed by atoms with Gasteiger partial charge in [-0.3, -0.25) is 14.8 Å². The zero-order chi connectivity index (χ0) is 15.4. The molecule has 0 amide bonds. The van der Waals surface area contributed by atoms with E-state index in [0.717, 1.165) is 0 Å². The minimum absolute atomic E-state index is 0.00674. The number of hydrogen-bond donors (Lipinski definition) is 0. The number of benzene rings is 1. The molecule has 0 aliphatic heterocycles. The molecule has 2 rings (SSSR count). The summed E-state index contributed by atoms with van der Waals surface area (Å²) in [7, 11) is 1.52. The monoisotopic (exact) mass is 291 g/mol. The summed E-state index contributed by atoms with van der Waals surface area (Å²) >= 11 is 0. The molecular weight excluding hydrogens is 274 g/mol. The fraction of sp³-hybridized carbons (Fsp3) is 0.357. The lowest BCUT2D eigenvalue weighted by molar-refractivity contribution is -0.385. The Bertz CT molecular complexity index is 637. The van der Waals surface area contributed by atoms with Crippen molar-refractivity contribution in [1.82, 2.24) is 9.78 Å². The van der Waals surface area contributed by atoms with Crippen molar-refractivity contribution in [2.45, 2.75) is 26.5 Å². The molecule has 112 valence electrons. The molecule has 1 aromatic heterocycles. The number of aromatic nitrogens is 2. The molecule has 0 aliphatic rings. The van der Waals surface area contributed by atoms with Crippen LogP contribution in [0.15, 0.2) is 30.6 Å². The van der Waals surface area contributed by atoms with Crippen LogP contribution >= 0.6 is 0 Å². The standard InChI is InChI=1S/C14H17N3O4/c1-10(2)16-8-13(7-15-16)21-9-11-6-12(17(18)19)4-5-14(11)20-3/h4-8,10H,9H2,1-3H3. The largest absolute Gasteiger partial charge is 0.496 e. The first-order chi connectivity index (χ1) is 10.0. The van der Waals surface area contributed by atoms with Crippen LogP contribution in [-0.4, -0.2) is 21.8 Å². The topological polar surface area (TPSA) is 79.4 Å². The van der Waals surface area contributed by atoms with E-state index >= 15 is 0 Å². The fourth-order valence-corrected chi connectivity index (χ4v) is 1.83. The molecule has 2 aromatic rings. The highest BCUT2D eigenvalue weighted by molar-refractivity contribution is 5.43. The van der Waals surface area contributed by atoms with Gasteiger partial charge >= 0.3 is 0 Å². The molecular formula is C14H17N3O4. The molecule has 7 nitrogen and oxygen atoms in total. The molecule has 0 aliphatic carbocycles. The normalized spacial score (nSPS) is 10.7. The van der Waals surface area contributed by atoms with Crippen molar-refractivity contribution in [3.63, 3.8) is 0 Å². The Hall–Kier alpha value is -2.57. The second kappa shape index (κ2) is 6.25. The highest BCUT2D eigenvalue weighted by atomic mass is 16.6. The van der Waals surface area contributed by atoms with Gasteiger partial charge in [-0.2, -0.15) is 5.10 Å². The number of non-ortho nitro benzene ring substituents is 1. The lowest BCUT2D eigenvalue weighted by atomic mass is 10.2. The lowest BCUT2D eigenvalue weighted by Gasteiger charge is -2.09. The maximum absolute atomic E-state index is 10.8. The Balaban J connectivity index is 2.14. The average molecular weight is 291 g/mol. The van der Waals surface area contributed by atoms with Crippen molar-refractivity contribution in [3.8, 4) is 11.5 Å². The van der Waals surface area contributed by atoms with E-state index in [1.54, 1.807) is 23.1 Å². The number of rotatable bonds is 6. The average Bonchev–Trinajstić information content (AvgIpc) is 2.93. The predicted octanol–water partition coefficient (Wildman–Crippen LogP) is 2.96. The Morgan fingerprint density at radius 2 is 2.19 bits per heavy atom. The van der Waals surface area contributed by atoms with Crippen molar-refractivity contribution in [2.75, 3.05) is 7.11 Å². The van der Waals surface area contributed by atoms with Gasteiger partial charge in [0.1, 0.15) is 12.4 Å². The van der Waals surface area contributed by atoms with Gasteiger partial charge < -0.3 is 9.47 Å².